The Balaban J connectivity index is 1.82. The fourth-order valence-corrected chi connectivity index (χ4v) is 3.46. The molecule has 1 saturated heterocycles. The van der Waals surface area contributed by atoms with Gasteiger partial charge in [-0.2, -0.15) is 0 Å². The van der Waals surface area contributed by atoms with Crippen molar-refractivity contribution in [2.75, 3.05) is 0 Å². The Morgan fingerprint density at radius 3 is 2.60 bits per heavy atom. The molecule has 7 heteroatoms. The molecule has 1 aromatic rings. The highest BCUT2D eigenvalue weighted by atomic mass is 19.1. The van der Waals surface area contributed by atoms with Gasteiger partial charge in [0.15, 0.2) is 0 Å². The molecule has 1 fully saturated rings. The Morgan fingerprint density at radius 1 is 1.16 bits per heavy atom. The van der Waals surface area contributed by atoms with Crippen molar-refractivity contribution in [3.63, 3.8) is 0 Å². The second kappa shape index (κ2) is 7.04. The largest absolute Gasteiger partial charge is 0.480 e. The summed E-state index contributed by atoms with van der Waals surface area (Å²) in [5, 5.41) is 11.9. The molecule has 0 unspecified atom stereocenters. The molecule has 0 saturated carbocycles. The van der Waals surface area contributed by atoms with E-state index < -0.39 is 35.7 Å². The van der Waals surface area contributed by atoms with E-state index in [-0.39, 0.29) is 18.0 Å². The number of amides is 2. The van der Waals surface area contributed by atoms with Crippen LogP contribution in [-0.4, -0.2) is 45.9 Å². The highest BCUT2D eigenvalue weighted by Gasteiger charge is 2.43. The van der Waals surface area contributed by atoms with Gasteiger partial charge < -0.3 is 15.3 Å². The van der Waals surface area contributed by atoms with E-state index in [4.69, 9.17) is 0 Å². The predicted octanol–water partition coefficient (Wildman–Crippen LogP) is 1.72. The standard InChI is InChI=1S/C18H19FN2O4/c19-13-7-3-2-6-12(13)16(22)20-14-8-4-1-5-11-9-10-15(18(24)25)21(11)17(14)23/h1-4,6-7,11,14-15H,5,8-10H2,(H,20,22)(H,24,25)/b4-1-/t11-,14+,15+/m1/s1. The third-order valence-corrected chi connectivity index (χ3v) is 4.71. The number of carbonyl (C=O) groups excluding carboxylic acids is 2. The first-order chi connectivity index (χ1) is 12.0. The summed E-state index contributed by atoms with van der Waals surface area (Å²) in [6.45, 7) is 0. The number of carbonyl (C=O) groups is 3. The van der Waals surface area contributed by atoms with Crippen LogP contribution in [0.5, 0.6) is 0 Å². The topological polar surface area (TPSA) is 86.7 Å². The lowest BCUT2D eigenvalue weighted by Gasteiger charge is -2.32. The van der Waals surface area contributed by atoms with Crippen LogP contribution in [0.15, 0.2) is 36.4 Å². The smallest absolute Gasteiger partial charge is 0.326 e. The lowest BCUT2D eigenvalue weighted by atomic mass is 10.0. The first-order valence-electron chi connectivity index (χ1n) is 8.24. The van der Waals surface area contributed by atoms with Gasteiger partial charge in [0.05, 0.1) is 5.56 Å². The maximum Gasteiger partial charge on any atom is 0.326 e. The molecular weight excluding hydrogens is 327 g/mol. The minimum Gasteiger partial charge on any atom is -0.480 e. The van der Waals surface area contributed by atoms with Gasteiger partial charge in [0, 0.05) is 6.04 Å². The zero-order chi connectivity index (χ0) is 18.0. The lowest BCUT2D eigenvalue weighted by molar-refractivity contribution is -0.150. The predicted molar refractivity (Wildman–Crippen MR) is 87.3 cm³/mol. The number of fused-ring (bicyclic) bond motifs is 1. The molecule has 0 bridgehead atoms. The van der Waals surface area contributed by atoms with Gasteiger partial charge in [-0.1, -0.05) is 24.3 Å². The van der Waals surface area contributed by atoms with Crippen LogP contribution in [-0.2, 0) is 9.59 Å². The average molecular weight is 346 g/mol. The van der Waals surface area contributed by atoms with Crippen molar-refractivity contribution in [1.82, 2.24) is 10.2 Å². The first-order valence-corrected chi connectivity index (χ1v) is 8.24. The third kappa shape index (κ3) is 3.40. The van der Waals surface area contributed by atoms with E-state index in [1.807, 2.05) is 6.08 Å². The number of nitrogens with one attached hydrogen (secondary N) is 1. The van der Waals surface area contributed by atoms with Crippen molar-refractivity contribution in [3.05, 3.63) is 47.8 Å². The zero-order valence-electron chi connectivity index (χ0n) is 13.5. The molecule has 2 heterocycles. The van der Waals surface area contributed by atoms with Gasteiger partial charge in [0.25, 0.3) is 5.91 Å². The number of aliphatic carboxylic acids is 1. The highest BCUT2D eigenvalue weighted by Crippen LogP contribution is 2.29. The summed E-state index contributed by atoms with van der Waals surface area (Å²) in [6, 6.07) is 3.55. The number of hydrogen-bond donors (Lipinski definition) is 2. The molecule has 2 aliphatic rings. The lowest BCUT2D eigenvalue weighted by Crippen LogP contribution is -2.54. The Hall–Kier alpha value is -2.70. The first kappa shape index (κ1) is 17.1. The fourth-order valence-electron chi connectivity index (χ4n) is 3.46. The number of rotatable bonds is 3. The summed E-state index contributed by atoms with van der Waals surface area (Å²) in [5.41, 5.74) is -0.144. The molecule has 1 aromatic carbocycles. The summed E-state index contributed by atoms with van der Waals surface area (Å²) in [5.74, 6) is -2.83. The van der Waals surface area contributed by atoms with Gasteiger partial charge in [-0.15, -0.1) is 0 Å². The van der Waals surface area contributed by atoms with Crippen LogP contribution in [0.2, 0.25) is 0 Å². The maximum absolute atomic E-state index is 13.8. The van der Waals surface area contributed by atoms with E-state index in [2.05, 4.69) is 5.32 Å². The second-order valence-corrected chi connectivity index (χ2v) is 6.28. The van der Waals surface area contributed by atoms with E-state index in [1.165, 1.54) is 29.2 Å². The minimum atomic E-state index is -1.04. The van der Waals surface area contributed by atoms with Crippen molar-refractivity contribution in [2.24, 2.45) is 0 Å². The van der Waals surface area contributed by atoms with Gasteiger partial charge in [-0.3, -0.25) is 9.59 Å². The van der Waals surface area contributed by atoms with Gasteiger partial charge >= 0.3 is 5.97 Å². The number of halogens is 1. The van der Waals surface area contributed by atoms with Crippen molar-refractivity contribution >= 4 is 17.8 Å². The third-order valence-electron chi connectivity index (χ3n) is 4.71. The number of benzene rings is 1. The second-order valence-electron chi connectivity index (χ2n) is 6.28. The fraction of sp³-hybridized carbons (Fsp3) is 0.389. The number of nitrogens with zero attached hydrogens (tertiary/aromatic N) is 1. The van der Waals surface area contributed by atoms with E-state index in [0.29, 0.717) is 19.3 Å². The van der Waals surface area contributed by atoms with E-state index >= 15 is 0 Å². The van der Waals surface area contributed by atoms with Gasteiger partial charge in [0.2, 0.25) is 5.91 Å². The molecule has 6 nitrogen and oxygen atoms in total. The van der Waals surface area contributed by atoms with E-state index in [9.17, 15) is 23.9 Å². The molecule has 0 aromatic heterocycles. The van der Waals surface area contributed by atoms with Gasteiger partial charge in [0.1, 0.15) is 17.9 Å². The highest BCUT2D eigenvalue weighted by molar-refractivity contribution is 5.98. The van der Waals surface area contributed by atoms with Crippen molar-refractivity contribution in [1.29, 1.82) is 0 Å². The molecule has 25 heavy (non-hydrogen) atoms. The Bertz CT molecular complexity index is 734. The van der Waals surface area contributed by atoms with Crippen LogP contribution in [0.1, 0.15) is 36.0 Å². The summed E-state index contributed by atoms with van der Waals surface area (Å²) in [7, 11) is 0. The number of hydrogen-bond acceptors (Lipinski definition) is 3. The number of carboxylic acids is 1. The molecule has 0 radical (unpaired) electrons. The Kier molecular flexibility index (Phi) is 4.83. The molecule has 2 amide bonds. The zero-order valence-corrected chi connectivity index (χ0v) is 13.5. The van der Waals surface area contributed by atoms with Crippen molar-refractivity contribution < 1.29 is 23.9 Å². The van der Waals surface area contributed by atoms with Crippen LogP contribution < -0.4 is 5.32 Å². The monoisotopic (exact) mass is 346 g/mol. The molecule has 0 spiro atoms. The quantitative estimate of drug-likeness (QED) is 0.816. The molecule has 0 aliphatic carbocycles. The molecule has 132 valence electrons. The van der Waals surface area contributed by atoms with E-state index in [0.717, 1.165) is 0 Å². The van der Waals surface area contributed by atoms with Gasteiger partial charge in [-0.25, -0.2) is 9.18 Å². The van der Waals surface area contributed by atoms with Crippen LogP contribution in [0, 0.1) is 5.82 Å². The van der Waals surface area contributed by atoms with Crippen LogP contribution in [0.4, 0.5) is 4.39 Å². The maximum atomic E-state index is 13.8. The summed E-state index contributed by atoms with van der Waals surface area (Å²) >= 11 is 0. The van der Waals surface area contributed by atoms with Crippen molar-refractivity contribution in [3.8, 4) is 0 Å². The van der Waals surface area contributed by atoms with Gasteiger partial charge in [-0.05, 0) is 37.8 Å². The Morgan fingerprint density at radius 2 is 1.88 bits per heavy atom. The van der Waals surface area contributed by atoms with Crippen molar-refractivity contribution in [2.45, 2.75) is 43.8 Å². The summed E-state index contributed by atoms with van der Waals surface area (Å²) in [4.78, 5) is 38.0. The molecule has 3 rings (SSSR count). The number of carboxylic acid groups (broad SMARTS) is 1. The summed E-state index contributed by atoms with van der Waals surface area (Å²) < 4.78 is 13.8. The van der Waals surface area contributed by atoms with Crippen LogP contribution >= 0.6 is 0 Å². The Labute approximate surface area is 144 Å². The normalized spacial score (nSPS) is 27.2. The van der Waals surface area contributed by atoms with Crippen LogP contribution in [0.3, 0.4) is 0 Å². The average Bonchev–Trinajstić information content (AvgIpc) is 2.99. The van der Waals surface area contributed by atoms with Crippen LogP contribution in [0.25, 0.3) is 0 Å². The molecule has 3 atom stereocenters. The SMILES string of the molecule is O=C(N[C@H]1C/C=C\C[C@@H]2CC[C@@H](C(=O)O)N2C1=O)c1ccccc1F. The minimum absolute atomic E-state index is 0.144. The molecule has 2 N–H and O–H groups in total. The summed E-state index contributed by atoms with van der Waals surface area (Å²) in [6.07, 6.45) is 5.55. The molecule has 2 aliphatic heterocycles. The molecular formula is C18H19FN2O4. The van der Waals surface area contributed by atoms with E-state index in [1.54, 1.807) is 6.08 Å².